The second-order valence-corrected chi connectivity index (χ2v) is 10.3. The van der Waals surface area contributed by atoms with E-state index >= 15 is 0 Å². The molecule has 1 amide bonds. The average Bonchev–Trinajstić information content (AvgIpc) is 2.98. The molecule has 1 atom stereocenters. The van der Waals surface area contributed by atoms with Gasteiger partial charge in [0.2, 0.25) is 5.91 Å². The number of rotatable bonds is 9. The molecule has 5 aromatic rings. The van der Waals surface area contributed by atoms with Gasteiger partial charge in [-0.05, 0) is 73.2 Å². The molecule has 0 saturated carbocycles. The summed E-state index contributed by atoms with van der Waals surface area (Å²) in [6, 6.07) is 33.2. The van der Waals surface area contributed by atoms with Crippen LogP contribution in [0.1, 0.15) is 53.9 Å². The van der Waals surface area contributed by atoms with E-state index < -0.39 is 6.04 Å². The van der Waals surface area contributed by atoms with Crippen LogP contribution in [0.2, 0.25) is 0 Å². The number of benzene rings is 4. The molecule has 0 N–H and O–H groups in total. The number of hydrogen-bond donors (Lipinski definition) is 0. The topological polar surface area (TPSA) is 55.2 Å². The quantitative estimate of drug-likeness (QED) is 0.204. The summed E-state index contributed by atoms with van der Waals surface area (Å²) in [5.74, 6) is 0.618. The number of hydrogen-bond acceptors (Lipinski definition) is 3. The number of fused-ring (bicyclic) bond motifs is 1. The minimum Gasteiger partial charge on any atom is -0.328 e. The molecule has 0 aliphatic heterocycles. The summed E-state index contributed by atoms with van der Waals surface area (Å²) in [4.78, 5) is 35.0. The number of aromatic nitrogens is 2. The Morgan fingerprint density at radius 3 is 2.15 bits per heavy atom. The first-order valence-electron chi connectivity index (χ1n) is 13.9. The lowest BCUT2D eigenvalue weighted by Gasteiger charge is -2.33. The van der Waals surface area contributed by atoms with Crippen LogP contribution in [0.25, 0.3) is 16.6 Å². The molecule has 0 bridgehead atoms. The molecular formula is C35H35N3O2. The zero-order valence-corrected chi connectivity index (χ0v) is 23.4. The third kappa shape index (κ3) is 5.74. The molecule has 0 radical (unpaired) electrons. The molecule has 0 fully saturated rings. The summed E-state index contributed by atoms with van der Waals surface area (Å²) in [7, 11) is 0. The lowest BCUT2D eigenvalue weighted by atomic mass is 10.0. The zero-order valence-electron chi connectivity index (χ0n) is 23.4. The van der Waals surface area contributed by atoms with Gasteiger partial charge in [0.15, 0.2) is 0 Å². The Bertz CT molecular complexity index is 1680. The molecule has 0 aliphatic carbocycles. The van der Waals surface area contributed by atoms with Crippen molar-refractivity contribution in [1.29, 1.82) is 0 Å². The molecule has 0 spiro atoms. The third-order valence-electron chi connectivity index (χ3n) is 7.60. The highest BCUT2D eigenvalue weighted by Crippen LogP contribution is 2.29. The fraction of sp³-hybridized carbons (Fsp3) is 0.229. The Balaban J connectivity index is 1.65. The van der Waals surface area contributed by atoms with Crippen molar-refractivity contribution >= 4 is 16.8 Å². The predicted octanol–water partition coefficient (Wildman–Crippen LogP) is 7.12. The average molecular weight is 530 g/mol. The molecule has 0 saturated heterocycles. The van der Waals surface area contributed by atoms with Crippen molar-refractivity contribution in [2.24, 2.45) is 0 Å². The van der Waals surface area contributed by atoms with E-state index in [1.807, 2.05) is 115 Å². The Morgan fingerprint density at radius 2 is 1.48 bits per heavy atom. The van der Waals surface area contributed by atoms with Gasteiger partial charge >= 0.3 is 0 Å². The van der Waals surface area contributed by atoms with E-state index in [2.05, 4.69) is 13.8 Å². The van der Waals surface area contributed by atoms with Gasteiger partial charge in [0.05, 0.1) is 22.6 Å². The fourth-order valence-electron chi connectivity index (χ4n) is 5.22. The summed E-state index contributed by atoms with van der Waals surface area (Å²) in [5.41, 5.74) is 5.68. The standard InChI is InChI=1S/C35H35N3O2/c1-4-32(37(24-28-15-9-6-10-16-28)33(39)22-20-27-13-7-5-8-14-27)34-36-31-18-12-11-17-30(31)35(40)38(34)29-21-19-25(2)26(3)23-29/h5-19,21,23,32H,4,20,22,24H2,1-3H3. The monoisotopic (exact) mass is 529 g/mol. The predicted molar refractivity (Wildman–Crippen MR) is 162 cm³/mol. The lowest BCUT2D eigenvalue weighted by Crippen LogP contribution is -2.38. The van der Waals surface area contributed by atoms with Gasteiger partial charge in [0.25, 0.3) is 5.56 Å². The molecule has 0 aliphatic rings. The maximum atomic E-state index is 14.0. The van der Waals surface area contributed by atoms with Crippen LogP contribution in [0.15, 0.2) is 108 Å². The summed E-state index contributed by atoms with van der Waals surface area (Å²) >= 11 is 0. The van der Waals surface area contributed by atoms with Gasteiger partial charge in [-0.25, -0.2) is 4.98 Å². The van der Waals surface area contributed by atoms with Crippen molar-refractivity contribution in [3.63, 3.8) is 0 Å². The van der Waals surface area contributed by atoms with Crippen LogP contribution >= 0.6 is 0 Å². The Kier molecular flexibility index (Phi) is 8.20. The smallest absolute Gasteiger partial charge is 0.266 e. The van der Waals surface area contributed by atoms with Crippen molar-refractivity contribution in [1.82, 2.24) is 14.5 Å². The Morgan fingerprint density at radius 1 is 0.825 bits per heavy atom. The van der Waals surface area contributed by atoms with Gasteiger partial charge < -0.3 is 4.90 Å². The van der Waals surface area contributed by atoms with Crippen molar-refractivity contribution in [3.05, 3.63) is 142 Å². The normalized spacial score (nSPS) is 11.9. The molecule has 1 aromatic heterocycles. The first kappa shape index (κ1) is 27.1. The molecule has 202 valence electrons. The van der Waals surface area contributed by atoms with Crippen molar-refractivity contribution in [3.8, 4) is 5.69 Å². The van der Waals surface area contributed by atoms with Gasteiger partial charge in [-0.1, -0.05) is 85.8 Å². The highest BCUT2D eigenvalue weighted by molar-refractivity contribution is 5.79. The summed E-state index contributed by atoms with van der Waals surface area (Å²) < 4.78 is 1.71. The second-order valence-electron chi connectivity index (χ2n) is 10.3. The van der Waals surface area contributed by atoms with E-state index in [4.69, 9.17) is 4.98 Å². The number of para-hydroxylation sites is 1. The van der Waals surface area contributed by atoms with E-state index in [0.29, 0.717) is 42.5 Å². The summed E-state index contributed by atoms with van der Waals surface area (Å²) in [5, 5.41) is 0.560. The van der Waals surface area contributed by atoms with Crippen molar-refractivity contribution < 1.29 is 4.79 Å². The molecular weight excluding hydrogens is 494 g/mol. The molecule has 5 heteroatoms. The Hall–Kier alpha value is -4.51. The van der Waals surface area contributed by atoms with Crippen LogP contribution in [-0.4, -0.2) is 20.4 Å². The maximum Gasteiger partial charge on any atom is 0.266 e. The number of carbonyl (C=O) groups excluding carboxylic acids is 1. The van der Waals surface area contributed by atoms with Gasteiger partial charge in [0, 0.05) is 13.0 Å². The van der Waals surface area contributed by atoms with E-state index in [0.717, 1.165) is 27.9 Å². The highest BCUT2D eigenvalue weighted by atomic mass is 16.2. The minimum atomic E-state index is -0.401. The van der Waals surface area contributed by atoms with Gasteiger partial charge in [-0.15, -0.1) is 0 Å². The number of nitrogens with zero attached hydrogens (tertiary/aromatic N) is 3. The number of aryl methyl sites for hydroxylation is 3. The fourth-order valence-corrected chi connectivity index (χ4v) is 5.22. The molecule has 40 heavy (non-hydrogen) atoms. The van der Waals surface area contributed by atoms with Crippen LogP contribution in [0, 0.1) is 13.8 Å². The van der Waals surface area contributed by atoms with Crippen LogP contribution in [-0.2, 0) is 17.8 Å². The zero-order chi connectivity index (χ0) is 28.1. The first-order valence-corrected chi connectivity index (χ1v) is 13.9. The number of carbonyl (C=O) groups is 1. The van der Waals surface area contributed by atoms with E-state index in [1.54, 1.807) is 4.57 Å². The van der Waals surface area contributed by atoms with E-state index in [9.17, 15) is 9.59 Å². The first-order chi connectivity index (χ1) is 19.5. The van der Waals surface area contributed by atoms with Gasteiger partial charge in [-0.3, -0.25) is 14.2 Å². The largest absolute Gasteiger partial charge is 0.328 e. The Labute approximate surface area is 235 Å². The van der Waals surface area contributed by atoms with Crippen LogP contribution in [0.5, 0.6) is 0 Å². The molecule has 5 rings (SSSR count). The molecule has 4 aromatic carbocycles. The lowest BCUT2D eigenvalue weighted by molar-refractivity contribution is -0.134. The summed E-state index contributed by atoms with van der Waals surface area (Å²) in [6.07, 6.45) is 1.63. The minimum absolute atomic E-state index is 0.0357. The molecule has 1 unspecified atom stereocenters. The third-order valence-corrected chi connectivity index (χ3v) is 7.60. The molecule has 1 heterocycles. The van der Waals surface area contributed by atoms with E-state index in [1.165, 1.54) is 0 Å². The highest BCUT2D eigenvalue weighted by Gasteiger charge is 2.29. The number of amides is 1. The van der Waals surface area contributed by atoms with Crippen LogP contribution < -0.4 is 5.56 Å². The maximum absolute atomic E-state index is 14.0. The molecule has 5 nitrogen and oxygen atoms in total. The van der Waals surface area contributed by atoms with Crippen LogP contribution in [0.3, 0.4) is 0 Å². The van der Waals surface area contributed by atoms with Crippen molar-refractivity contribution in [2.45, 2.75) is 52.6 Å². The summed E-state index contributed by atoms with van der Waals surface area (Å²) in [6.45, 7) is 6.59. The SMILES string of the molecule is CCC(c1nc2ccccc2c(=O)n1-c1ccc(C)c(C)c1)N(Cc1ccccc1)C(=O)CCc1ccccc1. The van der Waals surface area contributed by atoms with Crippen LogP contribution in [0.4, 0.5) is 0 Å². The van der Waals surface area contributed by atoms with Crippen molar-refractivity contribution in [2.75, 3.05) is 0 Å². The van der Waals surface area contributed by atoms with E-state index in [-0.39, 0.29) is 11.5 Å². The second kappa shape index (κ2) is 12.1. The van der Waals surface area contributed by atoms with Gasteiger partial charge in [0.1, 0.15) is 5.82 Å². The van der Waals surface area contributed by atoms with Gasteiger partial charge in [-0.2, -0.15) is 0 Å².